The van der Waals surface area contributed by atoms with Crippen LogP contribution in [0.15, 0.2) is 24.5 Å². The number of likely N-dealkylation sites (tertiary alicyclic amines) is 1. The highest BCUT2D eigenvalue weighted by atomic mass is 19.1. The smallest absolute Gasteiger partial charge is 0.407 e. The SMILES string of the molecule is N#CCC1(n2cc(C(N)=O)c(Nc3ccc(F)nc3)n2)CCN(C(=O)O)CC1F. The lowest BCUT2D eigenvalue weighted by atomic mass is 9.83. The molecule has 1 fully saturated rings. The van der Waals surface area contributed by atoms with Crippen LogP contribution in [0, 0.1) is 17.3 Å². The molecule has 152 valence electrons. The third-order valence-corrected chi connectivity index (χ3v) is 4.86. The van der Waals surface area contributed by atoms with Crippen LogP contribution in [0.25, 0.3) is 0 Å². The summed E-state index contributed by atoms with van der Waals surface area (Å²) in [5.41, 5.74) is 4.17. The highest BCUT2D eigenvalue weighted by molar-refractivity contribution is 5.98. The van der Waals surface area contributed by atoms with Crippen LogP contribution >= 0.6 is 0 Å². The van der Waals surface area contributed by atoms with Gasteiger partial charge in [0.05, 0.1) is 30.9 Å². The first-order chi connectivity index (χ1) is 13.8. The van der Waals surface area contributed by atoms with Crippen molar-refractivity contribution in [2.45, 2.75) is 24.6 Å². The molecule has 0 bridgehead atoms. The summed E-state index contributed by atoms with van der Waals surface area (Å²) in [5, 5.41) is 25.3. The van der Waals surface area contributed by atoms with E-state index in [9.17, 15) is 19.2 Å². The highest BCUT2D eigenvalue weighted by Gasteiger charge is 2.47. The van der Waals surface area contributed by atoms with Gasteiger partial charge in [-0.05, 0) is 18.6 Å². The van der Waals surface area contributed by atoms with E-state index < -0.39 is 36.2 Å². The summed E-state index contributed by atoms with van der Waals surface area (Å²) in [6.45, 7) is -0.443. The van der Waals surface area contributed by atoms with Crippen LogP contribution in [0.5, 0.6) is 0 Å². The fourth-order valence-corrected chi connectivity index (χ4v) is 3.25. The Morgan fingerprint density at radius 3 is 2.79 bits per heavy atom. The van der Waals surface area contributed by atoms with Gasteiger partial charge >= 0.3 is 6.09 Å². The van der Waals surface area contributed by atoms with E-state index >= 15 is 4.39 Å². The summed E-state index contributed by atoms with van der Waals surface area (Å²) >= 11 is 0. The number of hydrogen-bond donors (Lipinski definition) is 3. The molecule has 1 saturated heterocycles. The summed E-state index contributed by atoms with van der Waals surface area (Å²) in [6.07, 6.45) is -0.921. The Bertz CT molecular complexity index is 972. The first kappa shape index (κ1) is 20.0. The number of carbonyl (C=O) groups excluding carboxylic acids is 1. The first-order valence-electron chi connectivity index (χ1n) is 8.54. The fraction of sp³-hybridized carbons (Fsp3) is 0.353. The number of nitrogens with two attached hydrogens (primary N) is 1. The van der Waals surface area contributed by atoms with Gasteiger partial charge in [-0.15, -0.1) is 0 Å². The minimum atomic E-state index is -1.74. The van der Waals surface area contributed by atoms with Gasteiger partial charge < -0.3 is 21.1 Å². The predicted molar refractivity (Wildman–Crippen MR) is 95.5 cm³/mol. The Morgan fingerprint density at radius 2 is 2.24 bits per heavy atom. The van der Waals surface area contributed by atoms with E-state index in [0.717, 1.165) is 15.6 Å². The molecule has 2 aromatic heterocycles. The van der Waals surface area contributed by atoms with Crippen molar-refractivity contribution in [2.75, 3.05) is 18.4 Å². The topological polar surface area (TPSA) is 150 Å². The van der Waals surface area contributed by atoms with Gasteiger partial charge in [0.2, 0.25) is 5.95 Å². The molecular formula is C17H17F2N7O3. The molecule has 0 aliphatic carbocycles. The number of amides is 2. The lowest BCUT2D eigenvalue weighted by Crippen LogP contribution is -2.56. The summed E-state index contributed by atoms with van der Waals surface area (Å²) in [5.74, 6) is -1.56. The van der Waals surface area contributed by atoms with Gasteiger partial charge in [0, 0.05) is 12.7 Å². The van der Waals surface area contributed by atoms with Gasteiger partial charge in [-0.25, -0.2) is 14.2 Å². The van der Waals surface area contributed by atoms with Crippen molar-refractivity contribution < 1.29 is 23.5 Å². The number of rotatable bonds is 5. The Morgan fingerprint density at radius 1 is 1.48 bits per heavy atom. The molecule has 2 aromatic rings. The van der Waals surface area contributed by atoms with Gasteiger partial charge in [-0.1, -0.05) is 0 Å². The van der Waals surface area contributed by atoms with Crippen molar-refractivity contribution in [1.82, 2.24) is 19.7 Å². The minimum Gasteiger partial charge on any atom is -0.465 e. The van der Waals surface area contributed by atoms with Gasteiger partial charge in [-0.2, -0.15) is 14.8 Å². The Kier molecular flexibility index (Phi) is 5.31. The molecule has 2 amide bonds. The number of carbonyl (C=O) groups is 2. The predicted octanol–water partition coefficient (Wildman–Crippen LogP) is 1.59. The largest absolute Gasteiger partial charge is 0.465 e. The monoisotopic (exact) mass is 405 g/mol. The highest BCUT2D eigenvalue weighted by Crippen LogP contribution is 2.37. The van der Waals surface area contributed by atoms with Gasteiger partial charge in [-0.3, -0.25) is 9.48 Å². The molecular weight excluding hydrogens is 388 g/mol. The summed E-state index contributed by atoms with van der Waals surface area (Å²) in [4.78, 5) is 27.4. The van der Waals surface area contributed by atoms with Crippen LogP contribution in [0.2, 0.25) is 0 Å². The third kappa shape index (κ3) is 3.79. The Labute approximate surface area is 163 Å². The van der Waals surface area contributed by atoms with Gasteiger partial charge in [0.15, 0.2) is 5.82 Å². The Hall–Kier alpha value is -3.75. The molecule has 2 atom stereocenters. The number of aromatic nitrogens is 3. The van der Waals surface area contributed by atoms with E-state index in [2.05, 4.69) is 15.4 Å². The maximum atomic E-state index is 15.1. The molecule has 29 heavy (non-hydrogen) atoms. The number of nitrogens with zero attached hydrogens (tertiary/aromatic N) is 5. The van der Waals surface area contributed by atoms with E-state index in [4.69, 9.17) is 10.8 Å². The lowest BCUT2D eigenvalue weighted by Gasteiger charge is -2.42. The standard InChI is InChI=1S/C17H17F2N7O3/c18-12-9-25(16(28)29)6-4-17(12,3-5-20)26-8-11(14(21)27)15(24-26)23-10-1-2-13(19)22-7-10/h1-2,7-8,12H,3-4,6,9H2,(H2,21,27)(H,23,24)(H,28,29). The first-order valence-corrected chi connectivity index (χ1v) is 8.54. The number of primary amides is 1. The molecule has 2 unspecified atom stereocenters. The number of nitriles is 1. The average molecular weight is 405 g/mol. The van der Waals surface area contributed by atoms with E-state index in [-0.39, 0.29) is 30.8 Å². The number of anilines is 2. The van der Waals surface area contributed by atoms with E-state index in [1.165, 1.54) is 18.5 Å². The third-order valence-electron chi connectivity index (χ3n) is 4.86. The number of nitrogens with one attached hydrogen (secondary N) is 1. The summed E-state index contributed by atoms with van der Waals surface area (Å²) in [7, 11) is 0. The zero-order valence-corrected chi connectivity index (χ0v) is 15.0. The molecule has 4 N–H and O–H groups in total. The molecule has 3 rings (SSSR count). The van der Waals surface area contributed by atoms with Crippen molar-refractivity contribution in [2.24, 2.45) is 5.73 Å². The normalized spacial score (nSPS) is 21.4. The number of halogens is 2. The lowest BCUT2D eigenvalue weighted by molar-refractivity contribution is 0.0143. The summed E-state index contributed by atoms with van der Waals surface area (Å²) in [6, 6.07) is 4.37. The molecule has 0 radical (unpaired) electrons. The number of hydrogen-bond acceptors (Lipinski definition) is 6. The van der Waals surface area contributed by atoms with E-state index in [1.54, 1.807) is 0 Å². The molecule has 3 heterocycles. The molecule has 0 saturated carbocycles. The molecule has 10 nitrogen and oxygen atoms in total. The second-order valence-corrected chi connectivity index (χ2v) is 6.58. The summed E-state index contributed by atoms with van der Waals surface area (Å²) < 4.78 is 29.2. The van der Waals surface area contributed by atoms with Crippen LogP contribution < -0.4 is 11.1 Å². The molecule has 0 aromatic carbocycles. The van der Waals surface area contributed by atoms with Crippen molar-refractivity contribution in [3.05, 3.63) is 36.0 Å². The van der Waals surface area contributed by atoms with Crippen molar-refractivity contribution in [3.63, 3.8) is 0 Å². The van der Waals surface area contributed by atoms with Crippen LogP contribution in [0.1, 0.15) is 23.2 Å². The van der Waals surface area contributed by atoms with Crippen LogP contribution in [0.3, 0.4) is 0 Å². The van der Waals surface area contributed by atoms with Crippen molar-refractivity contribution >= 4 is 23.5 Å². The fourth-order valence-electron chi connectivity index (χ4n) is 3.25. The van der Waals surface area contributed by atoms with Crippen LogP contribution in [0.4, 0.5) is 25.1 Å². The van der Waals surface area contributed by atoms with Crippen LogP contribution in [-0.4, -0.2) is 56.0 Å². The average Bonchev–Trinajstić information content (AvgIpc) is 3.10. The quantitative estimate of drug-likeness (QED) is 0.639. The molecule has 12 heteroatoms. The van der Waals surface area contributed by atoms with Crippen molar-refractivity contribution in [1.29, 1.82) is 5.26 Å². The number of carboxylic acid groups (broad SMARTS) is 1. The zero-order valence-electron chi connectivity index (χ0n) is 15.0. The molecule has 1 aliphatic rings. The maximum Gasteiger partial charge on any atom is 0.407 e. The minimum absolute atomic E-state index is 0.00611. The number of alkyl halides is 1. The zero-order chi connectivity index (χ0) is 21.2. The van der Waals surface area contributed by atoms with Crippen molar-refractivity contribution in [3.8, 4) is 6.07 Å². The van der Waals surface area contributed by atoms with E-state index in [0.29, 0.717) is 5.69 Å². The Balaban J connectivity index is 1.99. The number of pyridine rings is 1. The second-order valence-electron chi connectivity index (χ2n) is 6.58. The molecule has 0 spiro atoms. The molecule has 1 aliphatic heterocycles. The maximum absolute atomic E-state index is 15.1. The van der Waals surface area contributed by atoms with Gasteiger partial charge in [0.25, 0.3) is 5.91 Å². The second kappa shape index (κ2) is 7.70. The number of piperidine rings is 1. The van der Waals surface area contributed by atoms with E-state index in [1.807, 2.05) is 6.07 Å². The van der Waals surface area contributed by atoms with Crippen LogP contribution in [-0.2, 0) is 5.54 Å². The van der Waals surface area contributed by atoms with Gasteiger partial charge in [0.1, 0.15) is 17.3 Å².